The van der Waals surface area contributed by atoms with E-state index in [0.29, 0.717) is 0 Å². The van der Waals surface area contributed by atoms with Crippen molar-refractivity contribution in [3.63, 3.8) is 0 Å². The fraction of sp³-hybridized carbons (Fsp3) is 0.125. The Morgan fingerprint density at radius 3 is 2.43 bits per heavy atom. The first-order valence-corrected chi connectivity index (χ1v) is 4.14. The minimum Gasteiger partial charge on any atom is -0.286 e. The molecule has 0 radical (unpaired) electrons. The second-order valence-electron chi connectivity index (χ2n) is 2.45. The molecule has 0 N–H and O–H groups in total. The van der Waals surface area contributed by atoms with Crippen LogP contribution in [0.25, 0.3) is 0 Å². The van der Waals surface area contributed by atoms with E-state index in [1.807, 2.05) is 0 Å². The zero-order valence-corrected chi connectivity index (χ0v) is 8.04. The Kier molecular flexibility index (Phi) is 3.07. The number of halogens is 5. The Hall–Kier alpha value is -0.740. The van der Waals surface area contributed by atoms with Crippen molar-refractivity contribution in [2.45, 2.75) is 5.38 Å². The summed E-state index contributed by atoms with van der Waals surface area (Å²) < 4.78 is 37.5. The summed E-state index contributed by atoms with van der Waals surface area (Å²) in [5.41, 5.74) is -0.822. The van der Waals surface area contributed by atoms with Crippen molar-refractivity contribution >= 4 is 29.0 Å². The maximum Gasteiger partial charge on any atom is 0.385 e. The van der Waals surface area contributed by atoms with Crippen LogP contribution in [0.4, 0.5) is 13.2 Å². The summed E-state index contributed by atoms with van der Waals surface area (Å²) in [7, 11) is 0. The van der Waals surface area contributed by atoms with Crippen LogP contribution in [0, 0.1) is 5.82 Å². The van der Waals surface area contributed by atoms with Crippen LogP contribution in [-0.4, -0.2) is 11.2 Å². The molecule has 0 unspecified atom stereocenters. The van der Waals surface area contributed by atoms with E-state index in [9.17, 15) is 18.0 Å². The fourth-order valence-corrected chi connectivity index (χ4v) is 1.10. The summed E-state index contributed by atoms with van der Waals surface area (Å²) in [6.07, 6.45) is 0. The lowest BCUT2D eigenvalue weighted by molar-refractivity contribution is 0.0531. The number of hydrogen-bond acceptors (Lipinski definition) is 1. The molecule has 1 aromatic rings. The van der Waals surface area contributed by atoms with Gasteiger partial charge in [-0.05, 0) is 29.8 Å². The van der Waals surface area contributed by atoms with Crippen molar-refractivity contribution in [1.29, 1.82) is 0 Å². The van der Waals surface area contributed by atoms with Gasteiger partial charge in [-0.2, -0.15) is 8.78 Å². The highest BCUT2D eigenvalue weighted by molar-refractivity contribution is 6.36. The summed E-state index contributed by atoms with van der Waals surface area (Å²) in [5.74, 6) is -2.89. The quantitative estimate of drug-likeness (QED) is 0.573. The first-order valence-electron chi connectivity index (χ1n) is 3.39. The fourth-order valence-electron chi connectivity index (χ4n) is 0.824. The number of ketones is 1. The molecule has 6 heteroatoms. The van der Waals surface area contributed by atoms with Crippen LogP contribution in [0.5, 0.6) is 0 Å². The minimum atomic E-state index is -4.12. The van der Waals surface area contributed by atoms with E-state index in [2.05, 4.69) is 11.6 Å². The first-order chi connectivity index (χ1) is 6.32. The van der Waals surface area contributed by atoms with Crippen LogP contribution in [0.15, 0.2) is 18.2 Å². The molecule has 0 aliphatic carbocycles. The first kappa shape index (κ1) is 11.3. The lowest BCUT2D eigenvalue weighted by atomic mass is 10.1. The molecule has 76 valence electrons. The van der Waals surface area contributed by atoms with Gasteiger partial charge in [-0.15, -0.1) is 0 Å². The van der Waals surface area contributed by atoms with Gasteiger partial charge < -0.3 is 0 Å². The summed E-state index contributed by atoms with van der Waals surface area (Å²) in [5, 5.41) is -4.14. The molecule has 0 amide bonds. The van der Waals surface area contributed by atoms with E-state index in [4.69, 9.17) is 11.6 Å². The van der Waals surface area contributed by atoms with Gasteiger partial charge in [0.1, 0.15) is 5.82 Å². The molecule has 0 aromatic heterocycles. The summed E-state index contributed by atoms with van der Waals surface area (Å²) in [6.45, 7) is 0. The zero-order valence-electron chi connectivity index (χ0n) is 6.53. The molecule has 0 aliphatic rings. The molecular formula is C8H3Cl2F3O. The number of Topliss-reactive ketones (excluding diaryl/α,β-unsaturated/α-hetero) is 1. The number of benzene rings is 1. The topological polar surface area (TPSA) is 17.1 Å². The Morgan fingerprint density at radius 1 is 1.36 bits per heavy atom. The van der Waals surface area contributed by atoms with Gasteiger partial charge in [-0.1, -0.05) is 11.6 Å². The summed E-state index contributed by atoms with van der Waals surface area (Å²) in [4.78, 5) is 10.9. The molecule has 0 saturated carbocycles. The maximum atomic E-state index is 12.9. The summed E-state index contributed by atoms with van der Waals surface area (Å²) >= 11 is 9.85. The van der Waals surface area contributed by atoms with Crippen LogP contribution < -0.4 is 0 Å². The van der Waals surface area contributed by atoms with Crippen molar-refractivity contribution in [2.75, 3.05) is 0 Å². The second kappa shape index (κ2) is 3.79. The number of carbonyl (C=O) groups excluding carboxylic acids is 1. The Balaban J connectivity index is 3.19. The van der Waals surface area contributed by atoms with Crippen LogP contribution in [0.1, 0.15) is 10.4 Å². The Morgan fingerprint density at radius 2 is 1.93 bits per heavy atom. The maximum absolute atomic E-state index is 12.9. The van der Waals surface area contributed by atoms with E-state index in [-0.39, 0.29) is 5.02 Å². The van der Waals surface area contributed by atoms with Crippen LogP contribution in [0.3, 0.4) is 0 Å². The van der Waals surface area contributed by atoms with Crippen molar-refractivity contribution in [3.8, 4) is 0 Å². The van der Waals surface area contributed by atoms with E-state index in [0.717, 1.165) is 18.2 Å². The third kappa shape index (κ3) is 2.39. The number of rotatable bonds is 2. The predicted molar refractivity (Wildman–Crippen MR) is 46.5 cm³/mol. The second-order valence-corrected chi connectivity index (χ2v) is 3.36. The molecule has 0 bridgehead atoms. The van der Waals surface area contributed by atoms with Gasteiger partial charge in [0.25, 0.3) is 5.78 Å². The highest BCUT2D eigenvalue weighted by atomic mass is 35.5. The number of alkyl halides is 3. The van der Waals surface area contributed by atoms with Gasteiger partial charge in [0, 0.05) is 5.02 Å². The third-order valence-corrected chi connectivity index (χ3v) is 1.84. The average molecular weight is 243 g/mol. The lowest BCUT2D eigenvalue weighted by Crippen LogP contribution is -2.22. The monoisotopic (exact) mass is 242 g/mol. The molecular weight excluding hydrogens is 240 g/mol. The van der Waals surface area contributed by atoms with Crippen LogP contribution in [0.2, 0.25) is 5.02 Å². The van der Waals surface area contributed by atoms with Gasteiger partial charge in [0.05, 0.1) is 5.56 Å². The molecule has 0 heterocycles. The van der Waals surface area contributed by atoms with Crippen molar-refractivity contribution in [3.05, 3.63) is 34.6 Å². The van der Waals surface area contributed by atoms with E-state index in [1.54, 1.807) is 0 Å². The van der Waals surface area contributed by atoms with Gasteiger partial charge in [-0.3, -0.25) is 4.79 Å². The van der Waals surface area contributed by atoms with Gasteiger partial charge in [0.15, 0.2) is 0 Å². The van der Waals surface area contributed by atoms with E-state index >= 15 is 0 Å². The molecule has 0 atom stereocenters. The highest BCUT2D eigenvalue weighted by Crippen LogP contribution is 2.27. The van der Waals surface area contributed by atoms with Crippen molar-refractivity contribution in [1.82, 2.24) is 0 Å². The average Bonchev–Trinajstić information content (AvgIpc) is 2.06. The van der Waals surface area contributed by atoms with Crippen molar-refractivity contribution in [2.24, 2.45) is 0 Å². The zero-order chi connectivity index (χ0) is 10.9. The molecule has 0 aliphatic heterocycles. The van der Waals surface area contributed by atoms with Crippen molar-refractivity contribution < 1.29 is 18.0 Å². The minimum absolute atomic E-state index is 0.0179. The van der Waals surface area contributed by atoms with Crippen LogP contribution >= 0.6 is 23.2 Å². The predicted octanol–water partition coefficient (Wildman–Crippen LogP) is 3.49. The molecule has 0 spiro atoms. The molecule has 0 saturated heterocycles. The summed E-state index contributed by atoms with van der Waals surface area (Å²) in [6, 6.07) is 2.76. The molecule has 1 aromatic carbocycles. The van der Waals surface area contributed by atoms with Gasteiger partial charge >= 0.3 is 5.38 Å². The Labute approximate surface area is 87.4 Å². The van der Waals surface area contributed by atoms with Gasteiger partial charge in [0.2, 0.25) is 0 Å². The third-order valence-electron chi connectivity index (χ3n) is 1.43. The normalized spacial score (nSPS) is 11.5. The number of carbonyl (C=O) groups is 1. The molecule has 0 fully saturated rings. The largest absolute Gasteiger partial charge is 0.385 e. The highest BCUT2D eigenvalue weighted by Gasteiger charge is 2.38. The molecule has 1 rings (SSSR count). The molecule has 1 nitrogen and oxygen atoms in total. The smallest absolute Gasteiger partial charge is 0.286 e. The van der Waals surface area contributed by atoms with E-state index in [1.165, 1.54) is 0 Å². The van der Waals surface area contributed by atoms with Gasteiger partial charge in [-0.25, -0.2) is 4.39 Å². The lowest BCUT2D eigenvalue weighted by Gasteiger charge is -2.07. The Bertz CT molecular complexity index is 373. The number of hydrogen-bond donors (Lipinski definition) is 0. The van der Waals surface area contributed by atoms with Crippen LogP contribution in [-0.2, 0) is 0 Å². The standard InChI is InChI=1S/C8H3Cl2F3O/c9-4-1-2-6(11)5(3-4)7(14)8(10,12)13/h1-3H. The SMILES string of the molecule is O=C(c1cc(Cl)ccc1F)C(F)(F)Cl. The molecule has 14 heavy (non-hydrogen) atoms. The van der Waals surface area contributed by atoms with E-state index < -0.39 is 22.5 Å².